The Kier molecular flexibility index (Phi) is 4.59. The van der Waals surface area contributed by atoms with Crippen LogP contribution in [0.4, 0.5) is 0 Å². The van der Waals surface area contributed by atoms with Crippen molar-refractivity contribution >= 4 is 11.6 Å². The molecule has 0 saturated heterocycles. The molecule has 0 N–H and O–H groups in total. The number of oxazole rings is 1. The highest BCUT2D eigenvalue weighted by Crippen LogP contribution is 2.32. The SMILES string of the molecule is Cc1cnc(-c2nn(C(C)C)c3c2CN(Cc2ccccc2Cl)CC3)o1. The summed E-state index contributed by atoms with van der Waals surface area (Å²) in [6, 6.07) is 8.35. The molecule has 26 heavy (non-hydrogen) atoms. The van der Waals surface area contributed by atoms with Crippen molar-refractivity contribution < 1.29 is 4.42 Å². The molecule has 3 heterocycles. The lowest BCUT2D eigenvalue weighted by atomic mass is 10.0. The third-order valence-electron chi connectivity index (χ3n) is 4.83. The lowest BCUT2D eigenvalue weighted by molar-refractivity contribution is 0.241. The van der Waals surface area contributed by atoms with Gasteiger partial charge in [-0.1, -0.05) is 29.8 Å². The summed E-state index contributed by atoms with van der Waals surface area (Å²) >= 11 is 6.35. The molecular formula is C20H23ClN4O. The maximum absolute atomic E-state index is 6.35. The van der Waals surface area contributed by atoms with Crippen LogP contribution in [0.25, 0.3) is 11.6 Å². The topological polar surface area (TPSA) is 47.1 Å². The molecular weight excluding hydrogens is 348 g/mol. The van der Waals surface area contributed by atoms with Crippen LogP contribution in [0.2, 0.25) is 5.02 Å². The molecule has 0 unspecified atom stereocenters. The van der Waals surface area contributed by atoms with Crippen LogP contribution in [-0.2, 0) is 19.5 Å². The Labute approximate surface area is 158 Å². The maximum atomic E-state index is 6.35. The average molecular weight is 371 g/mol. The van der Waals surface area contributed by atoms with Gasteiger partial charge in [-0.25, -0.2) is 4.98 Å². The molecule has 0 saturated carbocycles. The van der Waals surface area contributed by atoms with Gasteiger partial charge in [-0.15, -0.1) is 0 Å². The summed E-state index contributed by atoms with van der Waals surface area (Å²) < 4.78 is 7.90. The van der Waals surface area contributed by atoms with Crippen molar-refractivity contribution in [2.24, 2.45) is 0 Å². The van der Waals surface area contributed by atoms with Crippen molar-refractivity contribution in [1.82, 2.24) is 19.7 Å². The summed E-state index contributed by atoms with van der Waals surface area (Å²) in [5, 5.41) is 5.66. The van der Waals surface area contributed by atoms with Crippen molar-refractivity contribution in [3.8, 4) is 11.6 Å². The monoisotopic (exact) mass is 370 g/mol. The van der Waals surface area contributed by atoms with Crippen LogP contribution in [0.5, 0.6) is 0 Å². The molecule has 0 spiro atoms. The van der Waals surface area contributed by atoms with E-state index in [2.05, 4.69) is 34.5 Å². The smallest absolute Gasteiger partial charge is 0.247 e. The maximum Gasteiger partial charge on any atom is 0.247 e. The molecule has 0 amide bonds. The fraction of sp³-hybridized carbons (Fsp3) is 0.400. The molecule has 0 bridgehead atoms. The van der Waals surface area contributed by atoms with Crippen molar-refractivity contribution in [2.75, 3.05) is 6.54 Å². The molecule has 1 aliphatic heterocycles. The fourth-order valence-electron chi connectivity index (χ4n) is 3.57. The number of fused-ring (bicyclic) bond motifs is 1. The van der Waals surface area contributed by atoms with E-state index >= 15 is 0 Å². The van der Waals surface area contributed by atoms with Gasteiger partial charge in [0.2, 0.25) is 5.89 Å². The summed E-state index contributed by atoms with van der Waals surface area (Å²) in [6.45, 7) is 8.87. The Morgan fingerprint density at radius 3 is 2.77 bits per heavy atom. The Hall–Kier alpha value is -2.11. The van der Waals surface area contributed by atoms with Crippen molar-refractivity contribution in [2.45, 2.75) is 46.3 Å². The highest BCUT2D eigenvalue weighted by Gasteiger charge is 2.28. The highest BCUT2D eigenvalue weighted by atomic mass is 35.5. The van der Waals surface area contributed by atoms with Gasteiger partial charge < -0.3 is 4.42 Å². The number of hydrogen-bond donors (Lipinski definition) is 0. The number of aromatic nitrogens is 3. The molecule has 0 radical (unpaired) electrons. The number of aryl methyl sites for hydroxylation is 1. The van der Waals surface area contributed by atoms with Crippen LogP contribution in [-0.4, -0.2) is 26.2 Å². The summed E-state index contributed by atoms with van der Waals surface area (Å²) in [7, 11) is 0. The largest absolute Gasteiger partial charge is 0.440 e. The van der Waals surface area contributed by atoms with E-state index in [4.69, 9.17) is 21.1 Å². The third-order valence-corrected chi connectivity index (χ3v) is 5.20. The van der Waals surface area contributed by atoms with Gasteiger partial charge in [-0.05, 0) is 32.4 Å². The second-order valence-corrected chi connectivity index (χ2v) is 7.55. The molecule has 3 aromatic rings. The quantitative estimate of drug-likeness (QED) is 0.671. The lowest BCUT2D eigenvalue weighted by Crippen LogP contribution is -2.31. The van der Waals surface area contributed by atoms with Crippen LogP contribution in [0, 0.1) is 6.92 Å². The molecule has 0 atom stereocenters. The van der Waals surface area contributed by atoms with Gasteiger partial charge in [0.15, 0.2) is 5.69 Å². The number of rotatable bonds is 4. The zero-order chi connectivity index (χ0) is 18.3. The van der Waals surface area contributed by atoms with Gasteiger partial charge in [0.1, 0.15) is 5.76 Å². The van der Waals surface area contributed by atoms with E-state index in [0.717, 1.165) is 48.1 Å². The molecule has 136 valence electrons. The molecule has 5 nitrogen and oxygen atoms in total. The van der Waals surface area contributed by atoms with Crippen molar-refractivity contribution in [1.29, 1.82) is 0 Å². The minimum atomic E-state index is 0.309. The van der Waals surface area contributed by atoms with E-state index in [1.54, 1.807) is 6.20 Å². The predicted molar refractivity (Wildman–Crippen MR) is 102 cm³/mol. The third kappa shape index (κ3) is 3.17. The first-order valence-corrected chi connectivity index (χ1v) is 9.39. The van der Waals surface area contributed by atoms with Gasteiger partial charge in [-0.3, -0.25) is 9.58 Å². The predicted octanol–water partition coefficient (Wildman–Crippen LogP) is 4.64. The van der Waals surface area contributed by atoms with E-state index in [1.165, 1.54) is 11.3 Å². The van der Waals surface area contributed by atoms with Crippen LogP contribution in [0.3, 0.4) is 0 Å². The van der Waals surface area contributed by atoms with Crippen LogP contribution in [0.1, 0.15) is 42.5 Å². The van der Waals surface area contributed by atoms with Crippen molar-refractivity contribution in [3.63, 3.8) is 0 Å². The standard InChI is InChI=1S/C20H23ClN4O/c1-13(2)25-18-8-9-24(11-15-6-4-5-7-17(15)21)12-16(18)19(23-25)20-22-10-14(3)26-20/h4-7,10,13H,8-9,11-12H2,1-3H3. The first kappa shape index (κ1) is 17.3. The number of nitrogens with zero attached hydrogens (tertiary/aromatic N) is 4. The zero-order valence-corrected chi connectivity index (χ0v) is 16.1. The van der Waals surface area contributed by atoms with Gasteiger partial charge in [0.25, 0.3) is 0 Å². The Morgan fingerprint density at radius 1 is 1.27 bits per heavy atom. The fourth-order valence-corrected chi connectivity index (χ4v) is 3.76. The Bertz CT molecular complexity index is 928. The second kappa shape index (κ2) is 6.89. The van der Waals surface area contributed by atoms with Gasteiger partial charge >= 0.3 is 0 Å². The molecule has 0 fully saturated rings. The second-order valence-electron chi connectivity index (χ2n) is 7.14. The Morgan fingerprint density at radius 2 is 2.08 bits per heavy atom. The van der Waals surface area contributed by atoms with Gasteiger partial charge in [0, 0.05) is 48.4 Å². The minimum absolute atomic E-state index is 0.309. The Balaban J connectivity index is 1.68. The summed E-state index contributed by atoms with van der Waals surface area (Å²) in [6.07, 6.45) is 2.71. The highest BCUT2D eigenvalue weighted by molar-refractivity contribution is 6.31. The molecule has 1 aliphatic rings. The normalized spacial score (nSPS) is 14.8. The molecule has 2 aromatic heterocycles. The molecule has 0 aliphatic carbocycles. The van der Waals surface area contributed by atoms with Crippen molar-refractivity contribution in [3.05, 3.63) is 58.1 Å². The summed E-state index contributed by atoms with van der Waals surface area (Å²) in [4.78, 5) is 6.82. The van der Waals surface area contributed by atoms with Crippen LogP contribution >= 0.6 is 11.6 Å². The molecule has 4 rings (SSSR count). The average Bonchev–Trinajstić information content (AvgIpc) is 3.20. The van der Waals surface area contributed by atoms with E-state index in [0.29, 0.717) is 11.9 Å². The van der Waals surface area contributed by atoms with Gasteiger partial charge in [-0.2, -0.15) is 5.10 Å². The van der Waals surface area contributed by atoms with Gasteiger partial charge in [0.05, 0.1) is 6.20 Å². The summed E-state index contributed by atoms with van der Waals surface area (Å²) in [5.41, 5.74) is 4.54. The first-order chi connectivity index (χ1) is 12.5. The van der Waals surface area contributed by atoms with Crippen LogP contribution in [0.15, 0.2) is 34.9 Å². The zero-order valence-electron chi connectivity index (χ0n) is 15.4. The lowest BCUT2D eigenvalue weighted by Gasteiger charge is -2.28. The van der Waals surface area contributed by atoms with E-state index < -0.39 is 0 Å². The van der Waals surface area contributed by atoms with E-state index in [-0.39, 0.29) is 0 Å². The molecule has 1 aromatic carbocycles. The van der Waals surface area contributed by atoms with E-state index in [1.807, 2.05) is 25.1 Å². The van der Waals surface area contributed by atoms with E-state index in [9.17, 15) is 0 Å². The number of halogens is 1. The summed E-state index contributed by atoms with van der Waals surface area (Å²) in [5.74, 6) is 1.41. The number of benzene rings is 1. The number of hydrogen-bond acceptors (Lipinski definition) is 4. The van der Waals surface area contributed by atoms with Crippen LogP contribution < -0.4 is 0 Å². The first-order valence-electron chi connectivity index (χ1n) is 9.01. The molecule has 6 heteroatoms. The minimum Gasteiger partial charge on any atom is -0.440 e.